The molecule has 0 bridgehead atoms. The van der Waals surface area contributed by atoms with E-state index >= 15 is 0 Å². The third-order valence-corrected chi connectivity index (χ3v) is 2.67. The molecule has 0 aromatic heterocycles. The summed E-state index contributed by atoms with van der Waals surface area (Å²) in [7, 11) is 0. The summed E-state index contributed by atoms with van der Waals surface area (Å²) in [4.78, 5) is 13.7. The lowest BCUT2D eigenvalue weighted by molar-refractivity contribution is 0.0501. The van der Waals surface area contributed by atoms with Gasteiger partial charge in [0.2, 0.25) is 0 Å². The minimum absolute atomic E-state index is 0.209. The first-order chi connectivity index (χ1) is 9.85. The summed E-state index contributed by atoms with van der Waals surface area (Å²) in [6.45, 7) is 6.18. The number of carbonyl (C=O) groups is 1. The van der Waals surface area contributed by atoms with Gasteiger partial charge in [0.1, 0.15) is 12.4 Å². The van der Waals surface area contributed by atoms with E-state index in [1.165, 1.54) is 0 Å². The third-order valence-electron chi connectivity index (χ3n) is 2.67. The number of terminal acetylenes is 1. The Kier molecular flexibility index (Phi) is 6.07. The van der Waals surface area contributed by atoms with Gasteiger partial charge in [-0.15, -0.1) is 6.42 Å². The molecule has 5 nitrogen and oxygen atoms in total. The molecule has 0 saturated heterocycles. The van der Waals surface area contributed by atoms with Crippen LogP contribution in [-0.4, -0.2) is 41.3 Å². The van der Waals surface area contributed by atoms with Crippen LogP contribution in [-0.2, 0) is 0 Å². The minimum atomic E-state index is -0.930. The van der Waals surface area contributed by atoms with E-state index in [-0.39, 0.29) is 19.2 Å². The Morgan fingerprint density at radius 3 is 2.52 bits per heavy atom. The Balaban J connectivity index is 2.63. The lowest BCUT2D eigenvalue weighted by atomic mass is 10.1. The van der Waals surface area contributed by atoms with Crippen LogP contribution < -0.4 is 10.1 Å². The highest BCUT2D eigenvalue weighted by Crippen LogP contribution is 2.16. The summed E-state index contributed by atoms with van der Waals surface area (Å²) >= 11 is 0. The quantitative estimate of drug-likeness (QED) is 0.790. The van der Waals surface area contributed by atoms with Gasteiger partial charge in [-0.1, -0.05) is 5.92 Å². The number of benzene rings is 1. The predicted molar refractivity (Wildman–Crippen MR) is 83.3 cm³/mol. The molecular formula is C16H22N2O3. The van der Waals surface area contributed by atoms with E-state index in [1.54, 1.807) is 43.0 Å². The standard InChI is InChI=1S/C16H22N2O3/c1-5-11-21-14-9-7-13(8-10-14)17-15(19)18(6-2)12-16(3,4)20/h1,7-10,20H,6,11-12H2,2-4H3,(H,17,19). The van der Waals surface area contributed by atoms with Crippen LogP contribution in [0.5, 0.6) is 5.75 Å². The Morgan fingerprint density at radius 2 is 2.05 bits per heavy atom. The summed E-state index contributed by atoms with van der Waals surface area (Å²) < 4.78 is 5.26. The van der Waals surface area contributed by atoms with Crippen LogP contribution in [0.3, 0.4) is 0 Å². The first-order valence-corrected chi connectivity index (χ1v) is 6.80. The lowest BCUT2D eigenvalue weighted by Gasteiger charge is -2.28. The molecule has 0 fully saturated rings. The smallest absolute Gasteiger partial charge is 0.321 e. The SMILES string of the molecule is C#CCOc1ccc(NC(=O)N(CC)CC(C)(C)O)cc1. The second-order valence-electron chi connectivity index (χ2n) is 5.27. The van der Waals surface area contributed by atoms with Gasteiger partial charge in [0, 0.05) is 12.2 Å². The van der Waals surface area contributed by atoms with Gasteiger partial charge < -0.3 is 20.1 Å². The number of amides is 2. The summed E-state index contributed by atoms with van der Waals surface area (Å²) in [5, 5.41) is 12.6. The number of ether oxygens (including phenoxy) is 1. The zero-order valence-corrected chi connectivity index (χ0v) is 12.7. The van der Waals surface area contributed by atoms with E-state index in [0.717, 1.165) is 0 Å². The second kappa shape index (κ2) is 7.55. The van der Waals surface area contributed by atoms with Crippen molar-refractivity contribution in [3.8, 4) is 18.1 Å². The molecule has 0 radical (unpaired) electrons. The molecular weight excluding hydrogens is 268 g/mol. The van der Waals surface area contributed by atoms with E-state index < -0.39 is 5.60 Å². The molecule has 0 aliphatic heterocycles. The molecule has 0 atom stereocenters. The molecule has 0 saturated carbocycles. The van der Waals surface area contributed by atoms with Crippen LogP contribution in [0.15, 0.2) is 24.3 Å². The van der Waals surface area contributed by atoms with Crippen LogP contribution >= 0.6 is 0 Å². The molecule has 0 heterocycles. The summed E-state index contributed by atoms with van der Waals surface area (Å²) in [6, 6.07) is 6.69. The van der Waals surface area contributed by atoms with Gasteiger partial charge >= 0.3 is 6.03 Å². The van der Waals surface area contributed by atoms with Crippen LogP contribution in [0.1, 0.15) is 20.8 Å². The van der Waals surface area contributed by atoms with Crippen molar-refractivity contribution in [1.29, 1.82) is 0 Å². The number of aliphatic hydroxyl groups is 1. The molecule has 2 N–H and O–H groups in total. The zero-order valence-electron chi connectivity index (χ0n) is 12.7. The molecule has 114 valence electrons. The van der Waals surface area contributed by atoms with E-state index in [9.17, 15) is 9.90 Å². The highest BCUT2D eigenvalue weighted by atomic mass is 16.5. The van der Waals surface area contributed by atoms with Crippen molar-refractivity contribution in [2.45, 2.75) is 26.4 Å². The number of nitrogens with one attached hydrogen (secondary N) is 1. The topological polar surface area (TPSA) is 61.8 Å². The summed E-state index contributed by atoms with van der Waals surface area (Å²) in [5.41, 5.74) is -0.275. The molecule has 21 heavy (non-hydrogen) atoms. The molecule has 1 aromatic carbocycles. The molecule has 0 aliphatic carbocycles. The van der Waals surface area contributed by atoms with Gasteiger partial charge in [0.05, 0.1) is 12.1 Å². The van der Waals surface area contributed by atoms with Gasteiger partial charge in [0.25, 0.3) is 0 Å². The first kappa shape index (κ1) is 16.9. The number of anilines is 1. The Labute approximate surface area is 125 Å². The Morgan fingerprint density at radius 1 is 1.43 bits per heavy atom. The number of hydrogen-bond acceptors (Lipinski definition) is 3. The number of likely N-dealkylation sites (N-methyl/N-ethyl adjacent to an activating group) is 1. The minimum Gasteiger partial charge on any atom is -0.481 e. The average molecular weight is 290 g/mol. The monoisotopic (exact) mass is 290 g/mol. The fourth-order valence-electron chi connectivity index (χ4n) is 1.76. The number of carbonyl (C=O) groups excluding carboxylic acids is 1. The maximum atomic E-state index is 12.1. The van der Waals surface area contributed by atoms with Gasteiger partial charge in [-0.25, -0.2) is 4.79 Å². The van der Waals surface area contributed by atoms with Crippen molar-refractivity contribution in [2.75, 3.05) is 25.0 Å². The largest absolute Gasteiger partial charge is 0.481 e. The highest BCUT2D eigenvalue weighted by molar-refractivity contribution is 5.89. The van der Waals surface area contributed by atoms with Crippen molar-refractivity contribution in [1.82, 2.24) is 4.90 Å². The highest BCUT2D eigenvalue weighted by Gasteiger charge is 2.21. The maximum absolute atomic E-state index is 12.1. The van der Waals surface area contributed by atoms with Crippen LogP contribution in [0.4, 0.5) is 10.5 Å². The van der Waals surface area contributed by atoms with Gasteiger partial charge in [-0.05, 0) is 45.0 Å². The number of urea groups is 1. The van der Waals surface area contributed by atoms with Gasteiger partial charge in [-0.3, -0.25) is 0 Å². The van der Waals surface area contributed by atoms with Crippen molar-refractivity contribution < 1.29 is 14.6 Å². The van der Waals surface area contributed by atoms with E-state index in [1.807, 2.05) is 6.92 Å². The zero-order chi connectivity index (χ0) is 15.9. The summed E-state index contributed by atoms with van der Waals surface area (Å²) in [6.07, 6.45) is 5.11. The Hall–Kier alpha value is -2.19. The van der Waals surface area contributed by atoms with E-state index in [4.69, 9.17) is 11.2 Å². The van der Waals surface area contributed by atoms with Gasteiger partial charge in [-0.2, -0.15) is 0 Å². The van der Waals surface area contributed by atoms with Gasteiger partial charge in [0.15, 0.2) is 0 Å². The van der Waals surface area contributed by atoms with Crippen LogP contribution in [0.2, 0.25) is 0 Å². The number of rotatable bonds is 6. The van der Waals surface area contributed by atoms with Crippen LogP contribution in [0.25, 0.3) is 0 Å². The van der Waals surface area contributed by atoms with Crippen molar-refractivity contribution >= 4 is 11.7 Å². The van der Waals surface area contributed by atoms with E-state index in [0.29, 0.717) is 18.0 Å². The average Bonchev–Trinajstić information content (AvgIpc) is 2.43. The van der Waals surface area contributed by atoms with Crippen LogP contribution in [0, 0.1) is 12.3 Å². The van der Waals surface area contributed by atoms with Crippen molar-refractivity contribution in [2.24, 2.45) is 0 Å². The third kappa shape index (κ3) is 6.19. The molecule has 0 unspecified atom stereocenters. The predicted octanol–water partition coefficient (Wildman–Crippen LogP) is 2.32. The molecule has 2 amide bonds. The summed E-state index contributed by atoms with van der Waals surface area (Å²) in [5.74, 6) is 3.03. The first-order valence-electron chi connectivity index (χ1n) is 6.80. The Bertz CT molecular complexity index is 498. The molecule has 5 heteroatoms. The van der Waals surface area contributed by atoms with E-state index in [2.05, 4.69) is 11.2 Å². The number of hydrogen-bond donors (Lipinski definition) is 2. The fourth-order valence-corrected chi connectivity index (χ4v) is 1.76. The molecule has 1 aromatic rings. The van der Waals surface area contributed by atoms with Crippen molar-refractivity contribution in [3.63, 3.8) is 0 Å². The maximum Gasteiger partial charge on any atom is 0.321 e. The molecule has 0 aliphatic rings. The number of nitrogens with zero attached hydrogens (tertiary/aromatic N) is 1. The lowest BCUT2D eigenvalue weighted by Crippen LogP contribution is -2.44. The second-order valence-corrected chi connectivity index (χ2v) is 5.27. The molecule has 1 rings (SSSR count). The molecule has 0 spiro atoms. The van der Waals surface area contributed by atoms with Crippen molar-refractivity contribution in [3.05, 3.63) is 24.3 Å². The fraction of sp³-hybridized carbons (Fsp3) is 0.438. The normalized spacial score (nSPS) is 10.6.